The Kier molecular flexibility index (Phi) is 6.04. The largest absolute Gasteiger partial charge is 0.490 e. The molecule has 172 valence electrons. The van der Waals surface area contributed by atoms with Crippen molar-refractivity contribution in [3.05, 3.63) is 59.2 Å². The van der Waals surface area contributed by atoms with Gasteiger partial charge in [-0.3, -0.25) is 19.3 Å². The van der Waals surface area contributed by atoms with Crippen LogP contribution in [0.15, 0.2) is 42.5 Å². The summed E-state index contributed by atoms with van der Waals surface area (Å²) in [5, 5.41) is 5.39. The van der Waals surface area contributed by atoms with Crippen molar-refractivity contribution >= 4 is 23.6 Å². The number of ether oxygens (including phenoxy) is 2. The van der Waals surface area contributed by atoms with Crippen molar-refractivity contribution in [1.82, 2.24) is 15.5 Å². The lowest BCUT2D eigenvalue weighted by molar-refractivity contribution is -0.130. The van der Waals surface area contributed by atoms with E-state index in [0.717, 1.165) is 16.9 Å². The zero-order valence-electron chi connectivity index (χ0n) is 18.5. The van der Waals surface area contributed by atoms with Gasteiger partial charge >= 0.3 is 6.03 Å². The monoisotopic (exact) mass is 451 g/mol. The fraction of sp³-hybridized carbons (Fsp3) is 0.333. The molecule has 0 saturated carbocycles. The molecule has 4 rings (SSSR count). The molecule has 1 atom stereocenters. The van der Waals surface area contributed by atoms with E-state index in [9.17, 15) is 19.2 Å². The third kappa shape index (κ3) is 4.52. The Labute approximate surface area is 191 Å². The number of carbonyl (C=O) groups is 4. The number of urea groups is 1. The van der Waals surface area contributed by atoms with E-state index in [0.29, 0.717) is 42.4 Å². The molecule has 0 radical (unpaired) electrons. The Morgan fingerprint density at radius 3 is 2.45 bits per heavy atom. The zero-order valence-corrected chi connectivity index (χ0v) is 18.5. The predicted molar refractivity (Wildman–Crippen MR) is 118 cm³/mol. The van der Waals surface area contributed by atoms with Crippen LogP contribution in [0.2, 0.25) is 0 Å². The molecule has 0 unspecified atom stereocenters. The van der Waals surface area contributed by atoms with Crippen LogP contribution in [-0.4, -0.2) is 48.3 Å². The highest BCUT2D eigenvalue weighted by atomic mass is 16.5. The van der Waals surface area contributed by atoms with Crippen molar-refractivity contribution in [2.75, 3.05) is 19.8 Å². The van der Waals surface area contributed by atoms with E-state index in [2.05, 4.69) is 10.6 Å². The number of ketones is 1. The van der Waals surface area contributed by atoms with E-state index in [1.54, 1.807) is 49.4 Å². The standard InChI is InChI=1S/C24H25N3O6/c1-15(28)25-13-16-4-6-17(7-5-16)19(29)14-27-22(30)24(2,26-23(27)31)18-8-9-20-21(12-18)33-11-3-10-32-20/h4-9,12H,3,10-11,13-14H2,1-2H3,(H,25,28)(H,26,31)/t24-/m0/s1. The number of carbonyl (C=O) groups excluding carboxylic acids is 4. The summed E-state index contributed by atoms with van der Waals surface area (Å²) in [6, 6.07) is 11.2. The molecule has 0 aromatic heterocycles. The third-order valence-corrected chi connectivity index (χ3v) is 5.72. The summed E-state index contributed by atoms with van der Waals surface area (Å²) in [6.45, 7) is 4.05. The minimum absolute atomic E-state index is 0.148. The van der Waals surface area contributed by atoms with Crippen molar-refractivity contribution in [2.45, 2.75) is 32.4 Å². The maximum atomic E-state index is 13.2. The average molecular weight is 451 g/mol. The normalized spacial score (nSPS) is 19.6. The fourth-order valence-electron chi connectivity index (χ4n) is 3.78. The number of nitrogens with one attached hydrogen (secondary N) is 2. The SMILES string of the molecule is CC(=O)NCc1ccc(C(=O)CN2C(=O)N[C@@](C)(c3ccc4c(c3)OCCCO4)C2=O)cc1. The maximum Gasteiger partial charge on any atom is 0.325 e. The summed E-state index contributed by atoms with van der Waals surface area (Å²) in [6.07, 6.45) is 0.751. The number of hydrogen-bond acceptors (Lipinski definition) is 6. The van der Waals surface area contributed by atoms with Gasteiger partial charge in [-0.25, -0.2) is 4.79 Å². The molecular weight excluding hydrogens is 426 g/mol. The molecule has 9 heteroatoms. The van der Waals surface area contributed by atoms with Gasteiger partial charge in [0.25, 0.3) is 5.91 Å². The van der Waals surface area contributed by atoms with E-state index in [1.807, 2.05) is 0 Å². The first-order valence-corrected chi connectivity index (χ1v) is 10.7. The van der Waals surface area contributed by atoms with Gasteiger partial charge in [0.05, 0.1) is 19.8 Å². The molecule has 2 N–H and O–H groups in total. The maximum absolute atomic E-state index is 13.2. The molecule has 2 aromatic carbocycles. The molecule has 1 fully saturated rings. The van der Waals surface area contributed by atoms with E-state index in [4.69, 9.17) is 9.47 Å². The minimum atomic E-state index is -1.33. The zero-order chi connectivity index (χ0) is 23.6. The average Bonchev–Trinajstić information content (AvgIpc) is 2.95. The molecule has 1 saturated heterocycles. The van der Waals surface area contributed by atoms with Gasteiger partial charge in [-0.05, 0) is 30.2 Å². The number of Topliss-reactive ketones (excluding diaryl/α,β-unsaturated/α-hetero) is 1. The second-order valence-electron chi connectivity index (χ2n) is 8.19. The van der Waals surface area contributed by atoms with Crippen LogP contribution in [0.4, 0.5) is 4.79 Å². The van der Waals surface area contributed by atoms with Crippen molar-refractivity contribution in [2.24, 2.45) is 0 Å². The minimum Gasteiger partial charge on any atom is -0.490 e. The van der Waals surface area contributed by atoms with Gasteiger partial charge in [-0.2, -0.15) is 0 Å². The number of fused-ring (bicyclic) bond motifs is 1. The Balaban J connectivity index is 1.48. The van der Waals surface area contributed by atoms with Crippen LogP contribution in [0.5, 0.6) is 11.5 Å². The number of imide groups is 1. The molecule has 0 aliphatic carbocycles. The highest BCUT2D eigenvalue weighted by Gasteiger charge is 2.49. The quantitative estimate of drug-likeness (QED) is 0.514. The Morgan fingerprint density at radius 2 is 1.76 bits per heavy atom. The van der Waals surface area contributed by atoms with Crippen LogP contribution in [0.3, 0.4) is 0 Å². The molecule has 4 amide bonds. The third-order valence-electron chi connectivity index (χ3n) is 5.72. The summed E-state index contributed by atoms with van der Waals surface area (Å²) >= 11 is 0. The van der Waals surface area contributed by atoms with Crippen molar-refractivity contribution in [3.8, 4) is 11.5 Å². The topological polar surface area (TPSA) is 114 Å². The molecule has 33 heavy (non-hydrogen) atoms. The summed E-state index contributed by atoms with van der Waals surface area (Å²) in [7, 11) is 0. The lowest BCUT2D eigenvalue weighted by atomic mass is 9.91. The van der Waals surface area contributed by atoms with Gasteiger partial charge in [-0.1, -0.05) is 30.3 Å². The summed E-state index contributed by atoms with van der Waals surface area (Å²) in [5.41, 5.74) is 0.414. The Morgan fingerprint density at radius 1 is 1.06 bits per heavy atom. The summed E-state index contributed by atoms with van der Waals surface area (Å²) in [4.78, 5) is 50.6. The number of hydrogen-bond donors (Lipinski definition) is 2. The van der Waals surface area contributed by atoms with E-state index in [1.165, 1.54) is 6.92 Å². The van der Waals surface area contributed by atoms with E-state index in [-0.39, 0.29) is 18.2 Å². The molecular formula is C24H25N3O6. The molecule has 2 aliphatic heterocycles. The van der Waals surface area contributed by atoms with Gasteiger partial charge < -0.3 is 20.1 Å². The molecule has 2 aliphatic rings. The van der Waals surface area contributed by atoms with Crippen molar-refractivity contribution < 1.29 is 28.7 Å². The van der Waals surface area contributed by atoms with Crippen molar-refractivity contribution in [1.29, 1.82) is 0 Å². The van der Waals surface area contributed by atoms with Gasteiger partial charge in [0.2, 0.25) is 5.91 Å². The summed E-state index contributed by atoms with van der Waals surface area (Å²) in [5.74, 6) is 0.0724. The number of nitrogens with zero attached hydrogens (tertiary/aromatic N) is 1. The van der Waals surface area contributed by atoms with Gasteiger partial charge in [0, 0.05) is 25.5 Å². The van der Waals surface area contributed by atoms with Crippen LogP contribution < -0.4 is 20.1 Å². The first-order valence-electron chi connectivity index (χ1n) is 10.7. The number of rotatable bonds is 6. The Bertz CT molecular complexity index is 1110. The van der Waals surface area contributed by atoms with Crippen LogP contribution in [0.25, 0.3) is 0 Å². The van der Waals surface area contributed by atoms with E-state index < -0.39 is 17.5 Å². The van der Waals surface area contributed by atoms with Crippen LogP contribution in [0.1, 0.15) is 41.8 Å². The van der Waals surface area contributed by atoms with Crippen molar-refractivity contribution in [3.63, 3.8) is 0 Å². The summed E-state index contributed by atoms with van der Waals surface area (Å²) < 4.78 is 11.3. The first-order chi connectivity index (χ1) is 15.8. The molecule has 2 aromatic rings. The van der Waals surface area contributed by atoms with Crippen LogP contribution in [0, 0.1) is 0 Å². The van der Waals surface area contributed by atoms with Crippen LogP contribution >= 0.6 is 0 Å². The Hall–Kier alpha value is -3.88. The van der Waals surface area contributed by atoms with Gasteiger partial charge in [0.1, 0.15) is 5.54 Å². The van der Waals surface area contributed by atoms with E-state index >= 15 is 0 Å². The van der Waals surface area contributed by atoms with Gasteiger partial charge in [0.15, 0.2) is 17.3 Å². The lowest BCUT2D eigenvalue weighted by Gasteiger charge is -2.23. The first kappa shape index (κ1) is 22.3. The number of amides is 4. The number of benzene rings is 2. The smallest absolute Gasteiger partial charge is 0.325 e. The molecule has 2 heterocycles. The molecule has 0 bridgehead atoms. The second-order valence-corrected chi connectivity index (χ2v) is 8.19. The second kappa shape index (κ2) is 8.93. The fourth-order valence-corrected chi connectivity index (χ4v) is 3.78. The van der Waals surface area contributed by atoms with Gasteiger partial charge in [-0.15, -0.1) is 0 Å². The van der Waals surface area contributed by atoms with Crippen LogP contribution in [-0.2, 0) is 21.7 Å². The highest BCUT2D eigenvalue weighted by molar-refractivity contribution is 6.11. The molecule has 9 nitrogen and oxygen atoms in total. The highest BCUT2D eigenvalue weighted by Crippen LogP contribution is 2.36. The predicted octanol–water partition coefficient (Wildman–Crippen LogP) is 2.13. The lowest BCUT2D eigenvalue weighted by Crippen LogP contribution is -2.41. The molecule has 0 spiro atoms.